The number of nitrogens with one attached hydrogen (secondary N) is 1. The van der Waals surface area contributed by atoms with Crippen LogP contribution < -0.4 is 5.32 Å². The molecule has 1 aliphatic heterocycles. The largest absolute Gasteiger partial charge is 0.315 e. The highest BCUT2D eigenvalue weighted by molar-refractivity contribution is 4.84. The lowest BCUT2D eigenvalue weighted by Crippen LogP contribution is -2.53. The average Bonchev–Trinajstić information content (AvgIpc) is 2.98. The fourth-order valence-electron chi connectivity index (χ4n) is 3.70. The van der Waals surface area contributed by atoms with Gasteiger partial charge in [0.15, 0.2) is 0 Å². The molecule has 0 bridgehead atoms. The van der Waals surface area contributed by atoms with E-state index in [-0.39, 0.29) is 0 Å². The topological polar surface area (TPSA) is 18.5 Å². The second-order valence-electron chi connectivity index (χ2n) is 6.56. The van der Waals surface area contributed by atoms with Crippen LogP contribution in [-0.2, 0) is 0 Å². The van der Waals surface area contributed by atoms with Gasteiger partial charge in [-0.2, -0.15) is 0 Å². The Morgan fingerprint density at radius 1 is 1.11 bits per heavy atom. The van der Waals surface area contributed by atoms with E-state index in [4.69, 9.17) is 0 Å². The summed E-state index contributed by atoms with van der Waals surface area (Å²) in [5.41, 5.74) is 0. The van der Waals surface area contributed by atoms with Gasteiger partial charge in [0.05, 0.1) is 0 Å². The summed E-state index contributed by atoms with van der Waals surface area (Å²) < 4.78 is 0. The van der Waals surface area contributed by atoms with Gasteiger partial charge in [-0.3, -0.25) is 9.80 Å². The molecule has 0 aromatic heterocycles. The van der Waals surface area contributed by atoms with E-state index in [9.17, 15) is 0 Å². The van der Waals surface area contributed by atoms with Gasteiger partial charge in [0.25, 0.3) is 0 Å². The second-order valence-corrected chi connectivity index (χ2v) is 6.56. The van der Waals surface area contributed by atoms with Crippen molar-refractivity contribution in [1.29, 1.82) is 0 Å². The monoisotopic (exact) mass is 267 g/mol. The molecular formula is C16H33N3. The Kier molecular flexibility index (Phi) is 6.11. The fraction of sp³-hybridized carbons (Fsp3) is 1.00. The molecule has 0 amide bonds. The summed E-state index contributed by atoms with van der Waals surface area (Å²) in [5.74, 6) is 0.776. The van der Waals surface area contributed by atoms with Gasteiger partial charge in [0.1, 0.15) is 0 Å². The summed E-state index contributed by atoms with van der Waals surface area (Å²) in [6.07, 6.45) is 7.09. The van der Waals surface area contributed by atoms with Crippen LogP contribution in [0.25, 0.3) is 0 Å². The summed E-state index contributed by atoms with van der Waals surface area (Å²) >= 11 is 0. The predicted molar refractivity (Wildman–Crippen MR) is 82.6 cm³/mol. The van der Waals surface area contributed by atoms with Crippen molar-refractivity contribution in [3.63, 3.8) is 0 Å². The molecule has 3 nitrogen and oxygen atoms in total. The number of hydrogen-bond donors (Lipinski definition) is 1. The van der Waals surface area contributed by atoms with Crippen LogP contribution in [0.15, 0.2) is 0 Å². The summed E-state index contributed by atoms with van der Waals surface area (Å²) in [7, 11) is 2.12. The van der Waals surface area contributed by atoms with Crippen molar-refractivity contribution in [3.05, 3.63) is 0 Å². The summed E-state index contributed by atoms with van der Waals surface area (Å²) in [6.45, 7) is 11.0. The highest BCUT2D eigenvalue weighted by Gasteiger charge is 2.27. The molecule has 112 valence electrons. The number of rotatable bonds is 6. The standard InChI is InChI=1S/C16H33N3/c1-4-14(2)16(17-3)13-18-9-11-19(12-10-18)15-7-5-6-8-15/h14-17H,4-13H2,1-3H3. The van der Waals surface area contributed by atoms with Crippen molar-refractivity contribution in [2.24, 2.45) is 5.92 Å². The van der Waals surface area contributed by atoms with E-state index in [1.165, 1.54) is 64.8 Å². The molecule has 0 aromatic carbocycles. The molecule has 19 heavy (non-hydrogen) atoms. The number of likely N-dealkylation sites (N-methyl/N-ethyl adjacent to an activating group) is 1. The molecule has 0 aromatic rings. The number of piperazine rings is 1. The molecule has 2 aliphatic rings. The van der Waals surface area contributed by atoms with E-state index < -0.39 is 0 Å². The molecule has 2 unspecified atom stereocenters. The third-order valence-corrected chi connectivity index (χ3v) is 5.40. The van der Waals surface area contributed by atoms with Crippen LogP contribution in [0.5, 0.6) is 0 Å². The van der Waals surface area contributed by atoms with E-state index >= 15 is 0 Å². The maximum Gasteiger partial charge on any atom is 0.0217 e. The molecule has 0 radical (unpaired) electrons. The lowest BCUT2D eigenvalue weighted by Gasteiger charge is -2.40. The van der Waals surface area contributed by atoms with Crippen molar-refractivity contribution >= 4 is 0 Å². The van der Waals surface area contributed by atoms with Crippen molar-refractivity contribution in [2.45, 2.75) is 58.0 Å². The van der Waals surface area contributed by atoms with E-state index in [0.29, 0.717) is 6.04 Å². The van der Waals surface area contributed by atoms with Crippen molar-refractivity contribution in [1.82, 2.24) is 15.1 Å². The molecule has 1 N–H and O–H groups in total. The van der Waals surface area contributed by atoms with Gasteiger partial charge < -0.3 is 5.32 Å². The van der Waals surface area contributed by atoms with Gasteiger partial charge in [0.2, 0.25) is 0 Å². The first-order chi connectivity index (χ1) is 9.24. The quantitative estimate of drug-likeness (QED) is 0.796. The Bertz CT molecular complexity index is 242. The zero-order valence-corrected chi connectivity index (χ0v) is 13.2. The zero-order chi connectivity index (χ0) is 13.7. The number of hydrogen-bond acceptors (Lipinski definition) is 3. The Hall–Kier alpha value is -0.120. The summed E-state index contributed by atoms with van der Waals surface area (Å²) in [5, 5.41) is 3.51. The van der Waals surface area contributed by atoms with Gasteiger partial charge in [-0.15, -0.1) is 0 Å². The van der Waals surface area contributed by atoms with Crippen molar-refractivity contribution in [2.75, 3.05) is 39.8 Å². The minimum absolute atomic E-state index is 0.656. The van der Waals surface area contributed by atoms with Crippen LogP contribution in [0.2, 0.25) is 0 Å². The normalized spacial score (nSPS) is 26.7. The smallest absolute Gasteiger partial charge is 0.0217 e. The molecule has 0 spiro atoms. The highest BCUT2D eigenvalue weighted by atomic mass is 15.3. The highest BCUT2D eigenvalue weighted by Crippen LogP contribution is 2.24. The maximum absolute atomic E-state index is 3.51. The average molecular weight is 267 g/mol. The van der Waals surface area contributed by atoms with Crippen LogP contribution >= 0.6 is 0 Å². The first kappa shape index (κ1) is 15.3. The van der Waals surface area contributed by atoms with Gasteiger partial charge in [0, 0.05) is 44.8 Å². The molecule has 1 aliphatic carbocycles. The first-order valence-corrected chi connectivity index (χ1v) is 8.38. The zero-order valence-electron chi connectivity index (χ0n) is 13.2. The van der Waals surface area contributed by atoms with Crippen molar-refractivity contribution < 1.29 is 0 Å². The molecular weight excluding hydrogens is 234 g/mol. The Labute approximate surface area is 119 Å². The van der Waals surface area contributed by atoms with E-state index in [1.807, 2.05) is 0 Å². The van der Waals surface area contributed by atoms with E-state index in [0.717, 1.165) is 12.0 Å². The van der Waals surface area contributed by atoms with Crippen LogP contribution in [0, 0.1) is 5.92 Å². The summed E-state index contributed by atoms with van der Waals surface area (Å²) in [6, 6.07) is 1.57. The minimum atomic E-state index is 0.656. The Morgan fingerprint density at radius 3 is 2.26 bits per heavy atom. The molecule has 2 rings (SSSR count). The number of nitrogens with zero attached hydrogens (tertiary/aromatic N) is 2. The summed E-state index contributed by atoms with van der Waals surface area (Å²) in [4.78, 5) is 5.42. The fourth-order valence-corrected chi connectivity index (χ4v) is 3.70. The van der Waals surface area contributed by atoms with Crippen LogP contribution in [0.4, 0.5) is 0 Å². The molecule has 2 fully saturated rings. The minimum Gasteiger partial charge on any atom is -0.315 e. The second kappa shape index (κ2) is 7.61. The Balaban J connectivity index is 1.73. The molecule has 1 saturated heterocycles. The molecule has 2 atom stereocenters. The Morgan fingerprint density at radius 2 is 1.74 bits per heavy atom. The van der Waals surface area contributed by atoms with E-state index in [2.05, 4.69) is 36.0 Å². The van der Waals surface area contributed by atoms with Crippen LogP contribution in [0.3, 0.4) is 0 Å². The van der Waals surface area contributed by atoms with Crippen LogP contribution in [-0.4, -0.2) is 61.7 Å². The lowest BCUT2D eigenvalue weighted by atomic mass is 9.98. The third kappa shape index (κ3) is 4.17. The van der Waals surface area contributed by atoms with Crippen molar-refractivity contribution in [3.8, 4) is 0 Å². The molecule has 1 saturated carbocycles. The van der Waals surface area contributed by atoms with E-state index in [1.54, 1.807) is 0 Å². The SMILES string of the molecule is CCC(C)C(CN1CCN(C2CCCC2)CC1)NC. The molecule has 1 heterocycles. The lowest BCUT2D eigenvalue weighted by molar-refractivity contribution is 0.0869. The van der Waals surface area contributed by atoms with Gasteiger partial charge >= 0.3 is 0 Å². The predicted octanol–water partition coefficient (Wildman–Crippen LogP) is 2.18. The van der Waals surface area contributed by atoms with Gasteiger partial charge in [-0.05, 0) is 25.8 Å². The first-order valence-electron chi connectivity index (χ1n) is 8.38. The van der Waals surface area contributed by atoms with Gasteiger partial charge in [-0.25, -0.2) is 0 Å². The molecule has 3 heteroatoms. The van der Waals surface area contributed by atoms with Crippen LogP contribution in [0.1, 0.15) is 46.0 Å². The third-order valence-electron chi connectivity index (χ3n) is 5.40. The maximum atomic E-state index is 3.51. The van der Waals surface area contributed by atoms with Gasteiger partial charge in [-0.1, -0.05) is 33.1 Å².